The van der Waals surface area contributed by atoms with Gasteiger partial charge in [0.1, 0.15) is 11.5 Å². The summed E-state index contributed by atoms with van der Waals surface area (Å²) in [5.41, 5.74) is 2.33. The second-order valence-corrected chi connectivity index (χ2v) is 7.88. The van der Waals surface area contributed by atoms with Gasteiger partial charge < -0.3 is 19.2 Å². The summed E-state index contributed by atoms with van der Waals surface area (Å²) >= 11 is 0. The molecule has 0 unspecified atom stereocenters. The summed E-state index contributed by atoms with van der Waals surface area (Å²) in [6.07, 6.45) is 0. The fourth-order valence-electron chi connectivity index (χ4n) is 3.76. The van der Waals surface area contributed by atoms with Crippen LogP contribution in [0.2, 0.25) is 0 Å². The quantitative estimate of drug-likeness (QED) is 0.361. The van der Waals surface area contributed by atoms with Crippen LogP contribution in [0, 0.1) is 0 Å². The van der Waals surface area contributed by atoms with E-state index in [0.717, 1.165) is 22.2 Å². The Balaban J connectivity index is 1.62. The topological polar surface area (TPSA) is 107 Å². The zero-order valence-corrected chi connectivity index (χ0v) is 19.5. The number of pyridine rings is 1. The summed E-state index contributed by atoms with van der Waals surface area (Å²) in [5, 5.41) is 13.0. The van der Waals surface area contributed by atoms with Crippen LogP contribution in [-0.4, -0.2) is 58.0 Å². The molecule has 0 amide bonds. The molecule has 178 valence electrons. The van der Waals surface area contributed by atoms with Gasteiger partial charge in [-0.2, -0.15) is 0 Å². The van der Waals surface area contributed by atoms with Crippen LogP contribution in [-0.2, 0) is 30.9 Å². The van der Waals surface area contributed by atoms with E-state index in [2.05, 4.69) is 25.4 Å². The Morgan fingerprint density at radius 2 is 1.71 bits per heavy atom. The number of methoxy groups -OCH3 is 3. The predicted octanol–water partition coefficient (Wildman–Crippen LogP) is 2.38. The molecule has 0 aliphatic heterocycles. The molecule has 2 aromatic carbocycles. The van der Waals surface area contributed by atoms with Crippen LogP contribution in [0.3, 0.4) is 0 Å². The third kappa shape index (κ3) is 5.59. The second-order valence-electron chi connectivity index (χ2n) is 7.88. The number of ether oxygens (including phenoxy) is 3. The highest BCUT2D eigenvalue weighted by Crippen LogP contribution is 2.20. The van der Waals surface area contributed by atoms with Gasteiger partial charge in [-0.1, -0.05) is 12.1 Å². The van der Waals surface area contributed by atoms with Crippen LogP contribution in [0.25, 0.3) is 10.9 Å². The molecule has 10 nitrogen and oxygen atoms in total. The van der Waals surface area contributed by atoms with E-state index < -0.39 is 0 Å². The Morgan fingerprint density at radius 1 is 0.941 bits per heavy atom. The maximum absolute atomic E-state index is 12.9. The van der Waals surface area contributed by atoms with Crippen LogP contribution < -0.4 is 15.0 Å². The average Bonchev–Trinajstić information content (AvgIpc) is 3.30. The molecule has 10 heteroatoms. The number of fused-ring (bicyclic) bond motifs is 1. The molecule has 2 heterocycles. The van der Waals surface area contributed by atoms with Gasteiger partial charge in [-0.15, -0.1) is 5.10 Å². The highest BCUT2D eigenvalue weighted by Gasteiger charge is 2.16. The number of H-pyrrole nitrogens is 1. The van der Waals surface area contributed by atoms with Gasteiger partial charge in [-0.05, 0) is 51.7 Å². The SMILES string of the molecule is COCCn1nnnc1CN(Cc1ccc(OC)cc1)Cc1cc2ccc(OC)cc2[nH]c1=O. The molecule has 0 aliphatic carbocycles. The normalized spacial score (nSPS) is 11.3. The molecular formula is C24H28N6O4. The number of nitrogens with zero attached hydrogens (tertiary/aromatic N) is 5. The molecule has 0 saturated heterocycles. The number of nitrogens with one attached hydrogen (secondary N) is 1. The predicted molar refractivity (Wildman–Crippen MR) is 127 cm³/mol. The van der Waals surface area contributed by atoms with E-state index in [0.29, 0.717) is 49.9 Å². The molecule has 0 spiro atoms. The summed E-state index contributed by atoms with van der Waals surface area (Å²) in [4.78, 5) is 18.0. The Morgan fingerprint density at radius 3 is 2.44 bits per heavy atom. The number of rotatable bonds is 11. The average molecular weight is 465 g/mol. The van der Waals surface area contributed by atoms with Crippen molar-refractivity contribution < 1.29 is 14.2 Å². The summed E-state index contributed by atoms with van der Waals surface area (Å²) in [7, 11) is 4.88. The van der Waals surface area contributed by atoms with Crippen molar-refractivity contribution in [3.05, 3.63) is 75.8 Å². The van der Waals surface area contributed by atoms with Crippen LogP contribution >= 0.6 is 0 Å². The Hall–Kier alpha value is -3.76. The monoisotopic (exact) mass is 464 g/mol. The fourth-order valence-corrected chi connectivity index (χ4v) is 3.76. The molecule has 0 saturated carbocycles. The van der Waals surface area contributed by atoms with E-state index in [1.807, 2.05) is 48.5 Å². The highest BCUT2D eigenvalue weighted by molar-refractivity contribution is 5.80. The van der Waals surface area contributed by atoms with Crippen molar-refractivity contribution >= 4 is 10.9 Å². The molecule has 34 heavy (non-hydrogen) atoms. The first kappa shape index (κ1) is 23.4. The van der Waals surface area contributed by atoms with Crippen molar-refractivity contribution in [1.82, 2.24) is 30.1 Å². The van der Waals surface area contributed by atoms with E-state index in [-0.39, 0.29) is 5.56 Å². The van der Waals surface area contributed by atoms with E-state index in [9.17, 15) is 4.79 Å². The van der Waals surface area contributed by atoms with Crippen molar-refractivity contribution in [2.45, 2.75) is 26.2 Å². The Labute approximate surface area is 197 Å². The van der Waals surface area contributed by atoms with Crippen molar-refractivity contribution in [2.24, 2.45) is 0 Å². The first-order valence-electron chi connectivity index (χ1n) is 10.9. The van der Waals surface area contributed by atoms with Crippen molar-refractivity contribution in [3.8, 4) is 11.5 Å². The van der Waals surface area contributed by atoms with Gasteiger partial charge in [0.25, 0.3) is 5.56 Å². The third-order valence-corrected chi connectivity index (χ3v) is 5.57. The van der Waals surface area contributed by atoms with Crippen LogP contribution in [0.5, 0.6) is 11.5 Å². The van der Waals surface area contributed by atoms with E-state index in [1.165, 1.54) is 0 Å². The highest BCUT2D eigenvalue weighted by atomic mass is 16.5. The number of aromatic nitrogens is 5. The lowest BCUT2D eigenvalue weighted by atomic mass is 10.1. The van der Waals surface area contributed by atoms with Gasteiger partial charge in [-0.25, -0.2) is 4.68 Å². The number of tetrazole rings is 1. The second kappa shape index (κ2) is 10.9. The minimum absolute atomic E-state index is 0.139. The molecule has 0 aliphatic rings. The number of aromatic amines is 1. The van der Waals surface area contributed by atoms with Gasteiger partial charge in [0.15, 0.2) is 5.82 Å². The molecule has 0 atom stereocenters. The van der Waals surface area contributed by atoms with E-state index >= 15 is 0 Å². The summed E-state index contributed by atoms with van der Waals surface area (Å²) in [5.74, 6) is 2.19. The van der Waals surface area contributed by atoms with Gasteiger partial charge in [0.05, 0.1) is 39.4 Å². The molecule has 0 bridgehead atoms. The van der Waals surface area contributed by atoms with Gasteiger partial charge in [0, 0.05) is 31.8 Å². The van der Waals surface area contributed by atoms with Crippen LogP contribution in [0.1, 0.15) is 17.0 Å². The minimum atomic E-state index is -0.139. The number of hydrogen-bond donors (Lipinski definition) is 1. The van der Waals surface area contributed by atoms with Gasteiger partial charge in [-0.3, -0.25) is 9.69 Å². The maximum Gasteiger partial charge on any atom is 0.252 e. The third-order valence-electron chi connectivity index (χ3n) is 5.57. The maximum atomic E-state index is 12.9. The molecule has 0 fully saturated rings. The van der Waals surface area contributed by atoms with Crippen LogP contribution in [0.4, 0.5) is 0 Å². The molecule has 4 aromatic rings. The minimum Gasteiger partial charge on any atom is -0.497 e. The van der Waals surface area contributed by atoms with Crippen molar-refractivity contribution in [1.29, 1.82) is 0 Å². The lowest BCUT2D eigenvalue weighted by Crippen LogP contribution is -2.28. The summed E-state index contributed by atoms with van der Waals surface area (Å²) in [6, 6.07) is 15.4. The number of hydrogen-bond acceptors (Lipinski definition) is 8. The molecule has 0 radical (unpaired) electrons. The number of benzene rings is 2. The van der Waals surface area contributed by atoms with Crippen molar-refractivity contribution in [3.63, 3.8) is 0 Å². The first-order chi connectivity index (χ1) is 16.6. The molecule has 2 aromatic heterocycles. The van der Waals surface area contributed by atoms with Gasteiger partial charge in [0.2, 0.25) is 0 Å². The zero-order valence-electron chi connectivity index (χ0n) is 19.5. The van der Waals surface area contributed by atoms with Crippen LogP contribution in [0.15, 0.2) is 53.3 Å². The Bertz CT molecular complexity index is 1280. The summed E-state index contributed by atoms with van der Waals surface area (Å²) in [6.45, 7) is 2.53. The first-order valence-corrected chi connectivity index (χ1v) is 10.9. The summed E-state index contributed by atoms with van der Waals surface area (Å²) < 4.78 is 17.4. The van der Waals surface area contributed by atoms with E-state index in [4.69, 9.17) is 14.2 Å². The smallest absolute Gasteiger partial charge is 0.252 e. The lowest BCUT2D eigenvalue weighted by molar-refractivity contribution is 0.177. The fraction of sp³-hybridized carbons (Fsp3) is 0.333. The molecular weight excluding hydrogens is 436 g/mol. The zero-order chi connectivity index (χ0) is 23.9. The van der Waals surface area contributed by atoms with E-state index in [1.54, 1.807) is 26.0 Å². The largest absolute Gasteiger partial charge is 0.497 e. The lowest BCUT2D eigenvalue weighted by Gasteiger charge is -2.22. The Kier molecular flexibility index (Phi) is 7.51. The molecule has 4 rings (SSSR count). The standard InChI is InChI=1S/C24H28N6O4/c1-32-11-10-30-23(26-27-28-30)16-29(14-17-4-7-20(33-2)8-5-17)15-19-12-18-6-9-21(34-3)13-22(18)25-24(19)31/h4-9,12-13H,10-11,14-16H2,1-3H3,(H,25,31). The van der Waals surface area contributed by atoms with Gasteiger partial charge >= 0.3 is 0 Å². The molecule has 1 N–H and O–H groups in total. The van der Waals surface area contributed by atoms with Crippen molar-refractivity contribution in [2.75, 3.05) is 27.9 Å².